The Labute approximate surface area is 129 Å². The molecule has 1 saturated heterocycles. The Morgan fingerprint density at radius 3 is 2.41 bits per heavy atom. The minimum Gasteiger partial charge on any atom is -0.494 e. The molecule has 1 aliphatic heterocycles. The van der Waals surface area contributed by atoms with E-state index < -0.39 is 0 Å². The van der Waals surface area contributed by atoms with Crippen molar-refractivity contribution in [2.75, 3.05) is 26.7 Å². The highest BCUT2D eigenvalue weighted by atomic mass is 16.5. The maximum atomic E-state index is 5.82. The third-order valence-electron chi connectivity index (χ3n) is 3.73. The maximum absolute atomic E-state index is 5.82. The molecule has 8 heteroatoms. The molecule has 0 spiro atoms. The maximum Gasteiger partial charge on any atom is 0.316 e. The number of rotatable bonds is 6. The predicted molar refractivity (Wildman–Crippen MR) is 78.7 cm³/mol. The minimum absolute atomic E-state index is 0.174. The van der Waals surface area contributed by atoms with E-state index in [1.807, 2.05) is 0 Å². The van der Waals surface area contributed by atoms with E-state index in [9.17, 15) is 0 Å². The summed E-state index contributed by atoms with van der Waals surface area (Å²) in [6.45, 7) is 3.78. The first-order valence-corrected chi connectivity index (χ1v) is 7.42. The number of piperidine rings is 1. The van der Waals surface area contributed by atoms with Gasteiger partial charge in [0.1, 0.15) is 6.10 Å². The van der Waals surface area contributed by atoms with Gasteiger partial charge in [0.2, 0.25) is 0 Å². The molecule has 118 valence electrons. The van der Waals surface area contributed by atoms with Crippen molar-refractivity contribution < 1.29 is 9.47 Å². The van der Waals surface area contributed by atoms with Gasteiger partial charge in [-0.05, 0) is 12.8 Å². The van der Waals surface area contributed by atoms with Crippen molar-refractivity contribution >= 4 is 0 Å². The molecule has 8 nitrogen and oxygen atoms in total. The number of nitrogens with zero attached hydrogens (tertiary/aromatic N) is 6. The molecule has 0 radical (unpaired) electrons. The molecule has 1 aliphatic rings. The van der Waals surface area contributed by atoms with Crippen molar-refractivity contribution in [1.82, 2.24) is 29.9 Å². The van der Waals surface area contributed by atoms with Gasteiger partial charge < -0.3 is 14.4 Å². The summed E-state index contributed by atoms with van der Waals surface area (Å²) in [4.78, 5) is 12.4. The Morgan fingerprint density at radius 1 is 1.09 bits per heavy atom. The van der Waals surface area contributed by atoms with Gasteiger partial charge in [0.15, 0.2) is 5.75 Å². The summed E-state index contributed by atoms with van der Waals surface area (Å²) in [5.41, 5.74) is 0. The zero-order valence-electron chi connectivity index (χ0n) is 12.6. The van der Waals surface area contributed by atoms with Crippen LogP contribution in [0.25, 0.3) is 0 Å². The molecule has 0 aromatic carbocycles. The molecule has 0 unspecified atom stereocenters. The zero-order valence-corrected chi connectivity index (χ0v) is 12.6. The summed E-state index contributed by atoms with van der Waals surface area (Å²) in [6.07, 6.45) is 8.77. The van der Waals surface area contributed by atoms with Gasteiger partial charge >= 0.3 is 6.01 Å². The molecule has 2 aromatic heterocycles. The number of likely N-dealkylation sites (tertiary alicyclic amines) is 1. The largest absolute Gasteiger partial charge is 0.494 e. The van der Waals surface area contributed by atoms with Gasteiger partial charge in [-0.2, -0.15) is 25.0 Å². The first kappa shape index (κ1) is 14.7. The molecular formula is C14H20N6O2. The van der Waals surface area contributed by atoms with E-state index in [0.717, 1.165) is 39.0 Å². The van der Waals surface area contributed by atoms with Crippen molar-refractivity contribution in [3.05, 3.63) is 24.8 Å². The average Bonchev–Trinajstić information content (AvgIpc) is 3.08. The lowest BCUT2D eigenvalue weighted by Gasteiger charge is -2.31. The number of hydrogen-bond acceptors (Lipinski definition) is 7. The van der Waals surface area contributed by atoms with Gasteiger partial charge in [0.05, 0.1) is 38.4 Å². The summed E-state index contributed by atoms with van der Waals surface area (Å²) >= 11 is 0. The summed E-state index contributed by atoms with van der Waals surface area (Å²) < 4.78 is 10.9. The smallest absolute Gasteiger partial charge is 0.316 e. The van der Waals surface area contributed by atoms with E-state index in [4.69, 9.17) is 9.47 Å². The van der Waals surface area contributed by atoms with E-state index in [-0.39, 0.29) is 6.10 Å². The van der Waals surface area contributed by atoms with Crippen LogP contribution in [0, 0.1) is 0 Å². The van der Waals surface area contributed by atoms with Crippen molar-refractivity contribution in [3.8, 4) is 11.8 Å². The second kappa shape index (κ2) is 7.17. The van der Waals surface area contributed by atoms with Gasteiger partial charge in [-0.15, -0.1) is 0 Å². The van der Waals surface area contributed by atoms with Crippen LogP contribution in [0.5, 0.6) is 11.8 Å². The quantitative estimate of drug-likeness (QED) is 0.774. The minimum atomic E-state index is 0.174. The SMILES string of the molecule is COc1cnc(OC2CCN(CCn3nccn3)CC2)nc1. The van der Waals surface area contributed by atoms with Gasteiger partial charge in [0, 0.05) is 19.6 Å². The molecule has 0 amide bonds. The lowest BCUT2D eigenvalue weighted by atomic mass is 10.1. The first-order chi connectivity index (χ1) is 10.8. The molecule has 22 heavy (non-hydrogen) atoms. The first-order valence-electron chi connectivity index (χ1n) is 7.42. The zero-order chi connectivity index (χ0) is 15.2. The third-order valence-corrected chi connectivity index (χ3v) is 3.73. The lowest BCUT2D eigenvalue weighted by molar-refractivity contribution is 0.0896. The Morgan fingerprint density at radius 2 is 1.77 bits per heavy atom. The van der Waals surface area contributed by atoms with E-state index in [0.29, 0.717) is 11.8 Å². The monoisotopic (exact) mass is 304 g/mol. The summed E-state index contributed by atoms with van der Waals surface area (Å²) in [5, 5.41) is 8.23. The Kier molecular flexibility index (Phi) is 4.79. The lowest BCUT2D eigenvalue weighted by Crippen LogP contribution is -2.40. The van der Waals surface area contributed by atoms with Crippen LogP contribution in [0.1, 0.15) is 12.8 Å². The molecule has 0 saturated carbocycles. The van der Waals surface area contributed by atoms with Gasteiger partial charge in [0.25, 0.3) is 0 Å². The fourth-order valence-corrected chi connectivity index (χ4v) is 2.46. The number of hydrogen-bond donors (Lipinski definition) is 0. The summed E-state index contributed by atoms with van der Waals surface area (Å²) in [7, 11) is 1.59. The van der Waals surface area contributed by atoms with Crippen molar-refractivity contribution in [3.63, 3.8) is 0 Å². The number of aromatic nitrogens is 5. The molecule has 1 fully saturated rings. The van der Waals surface area contributed by atoms with Gasteiger partial charge in [-0.1, -0.05) is 0 Å². The van der Waals surface area contributed by atoms with Gasteiger partial charge in [-0.3, -0.25) is 0 Å². The van der Waals surface area contributed by atoms with E-state index >= 15 is 0 Å². The Balaban J connectivity index is 1.41. The second-order valence-electron chi connectivity index (χ2n) is 5.19. The van der Waals surface area contributed by atoms with Crippen molar-refractivity contribution in [2.45, 2.75) is 25.5 Å². The highest BCUT2D eigenvalue weighted by Gasteiger charge is 2.21. The van der Waals surface area contributed by atoms with Crippen molar-refractivity contribution in [2.24, 2.45) is 0 Å². The highest BCUT2D eigenvalue weighted by Crippen LogP contribution is 2.16. The standard InChI is InChI=1S/C14H20N6O2/c1-21-13-10-15-14(16-11-13)22-12-2-6-19(7-3-12)8-9-20-17-4-5-18-20/h4-5,10-12H,2-3,6-9H2,1H3. The number of methoxy groups -OCH3 is 1. The van der Waals surface area contributed by atoms with E-state index in [2.05, 4.69) is 25.1 Å². The van der Waals surface area contributed by atoms with Gasteiger partial charge in [-0.25, -0.2) is 0 Å². The number of ether oxygens (including phenoxy) is 2. The van der Waals surface area contributed by atoms with Crippen LogP contribution in [0.2, 0.25) is 0 Å². The fraction of sp³-hybridized carbons (Fsp3) is 0.571. The Bertz CT molecular complexity index is 551. The van der Waals surface area contributed by atoms with Crippen LogP contribution in [0.4, 0.5) is 0 Å². The Hall–Kier alpha value is -2.22. The normalized spacial score (nSPS) is 16.6. The van der Waals surface area contributed by atoms with Crippen LogP contribution < -0.4 is 9.47 Å². The van der Waals surface area contributed by atoms with Crippen LogP contribution in [-0.2, 0) is 6.54 Å². The molecule has 0 N–H and O–H groups in total. The molecular weight excluding hydrogens is 284 g/mol. The molecule has 3 heterocycles. The van der Waals surface area contributed by atoms with E-state index in [1.165, 1.54) is 0 Å². The van der Waals surface area contributed by atoms with Crippen molar-refractivity contribution in [1.29, 1.82) is 0 Å². The second-order valence-corrected chi connectivity index (χ2v) is 5.19. The fourth-order valence-electron chi connectivity index (χ4n) is 2.46. The summed E-state index contributed by atoms with van der Waals surface area (Å²) in [6, 6.07) is 0.417. The molecule has 3 rings (SSSR count). The molecule has 0 bridgehead atoms. The van der Waals surface area contributed by atoms with Crippen LogP contribution in [0.15, 0.2) is 24.8 Å². The summed E-state index contributed by atoms with van der Waals surface area (Å²) in [5.74, 6) is 0.634. The average molecular weight is 304 g/mol. The predicted octanol–water partition coefficient (Wildman–Crippen LogP) is 0.620. The van der Waals surface area contributed by atoms with Crippen LogP contribution in [-0.4, -0.2) is 62.7 Å². The topological polar surface area (TPSA) is 78.2 Å². The third kappa shape index (κ3) is 3.91. The molecule has 2 aromatic rings. The molecule has 0 aliphatic carbocycles. The van der Waals surface area contributed by atoms with E-state index in [1.54, 1.807) is 36.7 Å². The highest BCUT2D eigenvalue weighted by molar-refractivity contribution is 5.13. The van der Waals surface area contributed by atoms with Crippen LogP contribution >= 0.6 is 0 Å². The van der Waals surface area contributed by atoms with Crippen LogP contribution in [0.3, 0.4) is 0 Å². The molecule has 0 atom stereocenters.